The molecule has 8 aromatic carbocycles. The molecule has 0 N–H and O–H groups in total. The van der Waals surface area contributed by atoms with Crippen molar-refractivity contribution >= 4 is 81.3 Å². The Morgan fingerprint density at radius 1 is 0.460 bits per heavy atom. The van der Waals surface area contributed by atoms with Gasteiger partial charge in [-0.1, -0.05) is 109 Å². The topological polar surface area (TPSA) is 16.4 Å². The molecule has 0 aliphatic rings. The van der Waals surface area contributed by atoms with Crippen molar-refractivity contribution in [1.82, 2.24) is 0 Å². The van der Waals surface area contributed by atoms with Crippen LogP contribution in [0, 0.1) is 5.82 Å². The lowest BCUT2D eigenvalue weighted by Gasteiger charge is -2.28. The number of furan rings is 1. The molecule has 0 amide bonds. The molecule has 0 aliphatic carbocycles. The summed E-state index contributed by atoms with van der Waals surface area (Å²) < 4.78 is 23.5. The van der Waals surface area contributed by atoms with Gasteiger partial charge in [0.15, 0.2) is 0 Å². The van der Waals surface area contributed by atoms with Gasteiger partial charge in [-0.05, 0) is 82.1 Å². The Morgan fingerprint density at radius 2 is 1.12 bits per heavy atom. The first-order valence-corrected chi connectivity index (χ1v) is 17.5. The van der Waals surface area contributed by atoms with Crippen LogP contribution in [-0.4, -0.2) is 0 Å². The molecule has 0 unspecified atom stereocenters. The zero-order chi connectivity index (χ0) is 33.2. The first-order chi connectivity index (χ1) is 24.7. The van der Waals surface area contributed by atoms with Gasteiger partial charge >= 0.3 is 0 Å². The summed E-state index contributed by atoms with van der Waals surface area (Å²) in [6, 6.07) is 58.2. The third kappa shape index (κ3) is 4.61. The van der Waals surface area contributed by atoms with Crippen LogP contribution >= 0.6 is 11.3 Å². The molecule has 0 saturated heterocycles. The normalized spacial score (nSPS) is 11.7. The van der Waals surface area contributed by atoms with Gasteiger partial charge in [-0.25, -0.2) is 4.39 Å². The first-order valence-electron chi connectivity index (χ1n) is 16.7. The highest BCUT2D eigenvalue weighted by Gasteiger charge is 2.21. The molecule has 2 nitrogen and oxygen atoms in total. The monoisotopic (exact) mass is 661 g/mol. The van der Waals surface area contributed by atoms with Gasteiger partial charge in [0, 0.05) is 53.9 Å². The molecule has 0 saturated carbocycles. The number of benzene rings is 8. The van der Waals surface area contributed by atoms with Gasteiger partial charge in [-0.2, -0.15) is 0 Å². The Hall–Kier alpha value is -6.23. The third-order valence-corrected chi connectivity index (χ3v) is 10.9. The fourth-order valence-corrected chi connectivity index (χ4v) is 8.63. The van der Waals surface area contributed by atoms with Crippen molar-refractivity contribution in [2.45, 2.75) is 0 Å². The average molecular weight is 662 g/mol. The van der Waals surface area contributed by atoms with E-state index in [-0.39, 0.29) is 5.82 Å². The van der Waals surface area contributed by atoms with Crippen molar-refractivity contribution in [2.75, 3.05) is 4.90 Å². The van der Waals surface area contributed by atoms with E-state index in [2.05, 4.69) is 132 Å². The minimum Gasteiger partial charge on any atom is -0.456 e. The van der Waals surface area contributed by atoms with Gasteiger partial charge in [-0.3, -0.25) is 0 Å². The molecular weight excluding hydrogens is 634 g/mol. The number of anilines is 3. The number of thiophene rings is 1. The lowest BCUT2D eigenvalue weighted by Crippen LogP contribution is -2.11. The maximum atomic E-state index is 14.6. The Bertz CT molecular complexity index is 2800. The standard InChI is InChI=1S/C46H28FNOS/c47-31-13-7-12-30(26-31)34-17-8-10-29-11-9-18-40(46(29)34)35-14-1-4-19-41(35)48(32-22-24-37-36-15-2-5-20-42(36)49-43(37)27-32)33-23-25-39-38-16-3-6-21-44(38)50-45(39)28-33/h1-28H. The summed E-state index contributed by atoms with van der Waals surface area (Å²) in [5, 5.41) is 6.90. The second-order valence-corrected chi connectivity index (χ2v) is 13.7. The van der Waals surface area contributed by atoms with Crippen LogP contribution in [0.4, 0.5) is 21.5 Å². The van der Waals surface area contributed by atoms with Crippen LogP contribution in [0.25, 0.3) is 75.1 Å². The Labute approximate surface area is 291 Å². The van der Waals surface area contributed by atoms with Crippen molar-refractivity contribution in [3.05, 3.63) is 176 Å². The number of hydrogen-bond donors (Lipinski definition) is 0. The van der Waals surface area contributed by atoms with Crippen LogP contribution < -0.4 is 4.90 Å². The first kappa shape index (κ1) is 28.8. The van der Waals surface area contributed by atoms with Gasteiger partial charge in [0.1, 0.15) is 17.0 Å². The van der Waals surface area contributed by atoms with Crippen molar-refractivity contribution in [2.24, 2.45) is 0 Å². The molecule has 0 radical (unpaired) electrons. The lowest BCUT2D eigenvalue weighted by molar-refractivity contribution is 0.628. The van der Waals surface area contributed by atoms with Crippen LogP contribution in [0.1, 0.15) is 0 Å². The van der Waals surface area contributed by atoms with Crippen LogP contribution in [-0.2, 0) is 0 Å². The van der Waals surface area contributed by atoms with Crippen LogP contribution in [0.3, 0.4) is 0 Å². The van der Waals surface area contributed by atoms with Gasteiger partial charge in [0.05, 0.1) is 5.69 Å². The largest absolute Gasteiger partial charge is 0.456 e. The minimum atomic E-state index is -0.249. The SMILES string of the molecule is Fc1cccc(-c2cccc3cccc(-c4ccccc4N(c4ccc5c(c4)oc4ccccc45)c4ccc5c(c4)sc4ccccc45)c23)c1. The number of hydrogen-bond acceptors (Lipinski definition) is 3. The number of nitrogens with zero attached hydrogens (tertiary/aromatic N) is 1. The van der Waals surface area contributed by atoms with E-state index in [4.69, 9.17) is 4.42 Å². The zero-order valence-electron chi connectivity index (χ0n) is 26.8. The Kier molecular flexibility index (Phi) is 6.58. The smallest absolute Gasteiger partial charge is 0.137 e. The predicted molar refractivity (Wildman–Crippen MR) is 210 cm³/mol. The van der Waals surface area contributed by atoms with Crippen LogP contribution in [0.2, 0.25) is 0 Å². The minimum absolute atomic E-state index is 0.249. The van der Waals surface area contributed by atoms with E-state index in [0.29, 0.717) is 0 Å². The summed E-state index contributed by atoms with van der Waals surface area (Å²) in [6.45, 7) is 0. The number of rotatable bonds is 5. The zero-order valence-corrected chi connectivity index (χ0v) is 27.6. The van der Waals surface area contributed by atoms with E-state index >= 15 is 0 Å². The fourth-order valence-electron chi connectivity index (χ4n) is 7.49. The summed E-state index contributed by atoms with van der Waals surface area (Å²) in [6.07, 6.45) is 0. The molecule has 0 fully saturated rings. The van der Waals surface area contributed by atoms with Crippen LogP contribution in [0.15, 0.2) is 174 Å². The van der Waals surface area contributed by atoms with Crippen molar-refractivity contribution in [3.63, 3.8) is 0 Å². The fraction of sp³-hybridized carbons (Fsp3) is 0. The maximum absolute atomic E-state index is 14.6. The second kappa shape index (κ2) is 11.4. The van der Waals surface area contributed by atoms with Gasteiger partial charge in [-0.15, -0.1) is 11.3 Å². The third-order valence-electron chi connectivity index (χ3n) is 9.72. The highest BCUT2D eigenvalue weighted by molar-refractivity contribution is 7.25. The molecule has 10 rings (SSSR count). The van der Waals surface area contributed by atoms with Crippen molar-refractivity contribution in [3.8, 4) is 22.3 Å². The summed E-state index contributed by atoms with van der Waals surface area (Å²) in [5.74, 6) is -0.249. The van der Waals surface area contributed by atoms with E-state index in [1.54, 1.807) is 12.1 Å². The summed E-state index contributed by atoms with van der Waals surface area (Å²) in [5.41, 5.74) is 8.79. The summed E-state index contributed by atoms with van der Waals surface area (Å²) in [7, 11) is 0. The maximum Gasteiger partial charge on any atom is 0.137 e. The van der Waals surface area contributed by atoms with Crippen molar-refractivity contribution < 1.29 is 8.81 Å². The summed E-state index contributed by atoms with van der Waals surface area (Å²) in [4.78, 5) is 2.34. The predicted octanol–water partition coefficient (Wildman–Crippen LogP) is 14.0. The van der Waals surface area contributed by atoms with Crippen LogP contribution in [0.5, 0.6) is 0 Å². The Morgan fingerprint density at radius 3 is 2.00 bits per heavy atom. The van der Waals surface area contributed by atoms with E-state index < -0.39 is 0 Å². The molecule has 0 spiro atoms. The molecule has 2 aromatic heterocycles. The van der Waals surface area contributed by atoms with Gasteiger partial charge in [0.2, 0.25) is 0 Å². The summed E-state index contributed by atoms with van der Waals surface area (Å²) >= 11 is 1.82. The molecule has 236 valence electrons. The highest BCUT2D eigenvalue weighted by Crippen LogP contribution is 2.47. The molecular formula is C46H28FNOS. The lowest BCUT2D eigenvalue weighted by atomic mass is 9.90. The van der Waals surface area contributed by atoms with E-state index in [9.17, 15) is 4.39 Å². The number of para-hydroxylation sites is 2. The number of fused-ring (bicyclic) bond motifs is 7. The molecule has 50 heavy (non-hydrogen) atoms. The number of halogens is 1. The molecule has 0 bridgehead atoms. The molecule has 2 heterocycles. The molecule has 0 atom stereocenters. The van der Waals surface area contributed by atoms with Gasteiger partial charge in [0.25, 0.3) is 0 Å². The quantitative estimate of drug-likeness (QED) is 0.182. The molecule has 4 heteroatoms. The molecule has 10 aromatic rings. The van der Waals surface area contributed by atoms with E-state index in [1.165, 1.54) is 26.2 Å². The average Bonchev–Trinajstić information content (AvgIpc) is 3.72. The van der Waals surface area contributed by atoms with E-state index in [1.807, 2.05) is 35.6 Å². The second-order valence-electron chi connectivity index (χ2n) is 12.6. The highest BCUT2D eigenvalue weighted by atomic mass is 32.1. The van der Waals surface area contributed by atoms with Gasteiger partial charge < -0.3 is 9.32 Å². The van der Waals surface area contributed by atoms with E-state index in [0.717, 1.165) is 72.0 Å². The van der Waals surface area contributed by atoms with Crippen molar-refractivity contribution in [1.29, 1.82) is 0 Å². The molecule has 0 aliphatic heterocycles. The Balaban J connectivity index is 1.24.